The van der Waals surface area contributed by atoms with Crippen molar-refractivity contribution in [2.75, 3.05) is 0 Å². The standard InChI is InChI=1S/C18H16N2/c1-15-9-10-18(20-11-5-6-12-20)17(13-15)19-14-16-7-3-2-4-8-16/h2-14H,1H3. The summed E-state index contributed by atoms with van der Waals surface area (Å²) < 4.78 is 2.08. The fourth-order valence-corrected chi connectivity index (χ4v) is 2.13. The van der Waals surface area contributed by atoms with Crippen LogP contribution >= 0.6 is 0 Å². The van der Waals surface area contributed by atoms with E-state index in [2.05, 4.69) is 46.8 Å². The van der Waals surface area contributed by atoms with Gasteiger partial charge in [0.2, 0.25) is 0 Å². The van der Waals surface area contributed by atoms with Crippen molar-refractivity contribution in [1.82, 2.24) is 4.57 Å². The molecular formula is C18H16N2. The number of rotatable bonds is 3. The molecule has 0 radical (unpaired) electrons. The van der Waals surface area contributed by atoms with Crippen molar-refractivity contribution >= 4 is 11.9 Å². The fourth-order valence-electron chi connectivity index (χ4n) is 2.13. The predicted octanol–water partition coefficient (Wildman–Crippen LogP) is 4.54. The van der Waals surface area contributed by atoms with Crippen molar-refractivity contribution in [3.63, 3.8) is 0 Å². The Morgan fingerprint density at radius 2 is 1.65 bits per heavy atom. The normalized spacial score (nSPS) is 11.1. The van der Waals surface area contributed by atoms with Gasteiger partial charge < -0.3 is 4.57 Å². The Kier molecular flexibility index (Phi) is 3.46. The van der Waals surface area contributed by atoms with Crippen molar-refractivity contribution in [1.29, 1.82) is 0 Å². The highest BCUT2D eigenvalue weighted by molar-refractivity contribution is 5.83. The highest BCUT2D eigenvalue weighted by atomic mass is 15.0. The maximum atomic E-state index is 4.65. The maximum Gasteiger partial charge on any atom is 0.0872 e. The molecular weight excluding hydrogens is 244 g/mol. The molecule has 0 aliphatic heterocycles. The monoisotopic (exact) mass is 260 g/mol. The molecule has 0 aliphatic carbocycles. The van der Waals surface area contributed by atoms with Gasteiger partial charge in [-0.1, -0.05) is 36.4 Å². The predicted molar refractivity (Wildman–Crippen MR) is 84.2 cm³/mol. The van der Waals surface area contributed by atoms with Crippen LogP contribution in [0.3, 0.4) is 0 Å². The van der Waals surface area contributed by atoms with Gasteiger partial charge in [0, 0.05) is 18.6 Å². The number of aromatic nitrogens is 1. The summed E-state index contributed by atoms with van der Waals surface area (Å²) in [5.74, 6) is 0. The van der Waals surface area contributed by atoms with Gasteiger partial charge in [0.15, 0.2) is 0 Å². The van der Waals surface area contributed by atoms with Crippen LogP contribution in [0.2, 0.25) is 0 Å². The van der Waals surface area contributed by atoms with E-state index in [4.69, 9.17) is 0 Å². The number of benzene rings is 2. The van der Waals surface area contributed by atoms with Crippen LogP contribution in [0.1, 0.15) is 11.1 Å². The van der Waals surface area contributed by atoms with Crippen molar-refractivity contribution in [3.05, 3.63) is 84.2 Å². The molecule has 0 aliphatic rings. The summed E-state index contributed by atoms with van der Waals surface area (Å²) in [5.41, 5.74) is 4.38. The van der Waals surface area contributed by atoms with Crippen LogP contribution in [-0.4, -0.2) is 10.8 Å². The third-order valence-electron chi connectivity index (χ3n) is 3.17. The second kappa shape index (κ2) is 5.57. The summed E-state index contributed by atoms with van der Waals surface area (Å²) in [6, 6.07) is 20.5. The van der Waals surface area contributed by atoms with Crippen molar-refractivity contribution in [2.45, 2.75) is 6.92 Å². The number of hydrogen-bond donors (Lipinski definition) is 0. The summed E-state index contributed by atoms with van der Waals surface area (Å²) in [5, 5.41) is 0. The second-order valence-corrected chi connectivity index (χ2v) is 4.75. The van der Waals surface area contributed by atoms with E-state index < -0.39 is 0 Å². The van der Waals surface area contributed by atoms with E-state index in [1.165, 1.54) is 5.56 Å². The Morgan fingerprint density at radius 3 is 2.40 bits per heavy atom. The molecule has 2 nitrogen and oxygen atoms in total. The minimum atomic E-state index is 0.977. The Hall–Kier alpha value is -2.61. The molecule has 0 bridgehead atoms. The molecule has 0 atom stereocenters. The Morgan fingerprint density at radius 1 is 0.900 bits per heavy atom. The van der Waals surface area contributed by atoms with Crippen LogP contribution < -0.4 is 0 Å². The van der Waals surface area contributed by atoms with E-state index in [1.807, 2.05) is 48.9 Å². The molecule has 2 heteroatoms. The van der Waals surface area contributed by atoms with E-state index in [-0.39, 0.29) is 0 Å². The molecule has 0 saturated carbocycles. The topological polar surface area (TPSA) is 17.3 Å². The second-order valence-electron chi connectivity index (χ2n) is 4.75. The average Bonchev–Trinajstić information content (AvgIpc) is 3.00. The maximum absolute atomic E-state index is 4.65. The minimum absolute atomic E-state index is 0.977. The first-order valence-electron chi connectivity index (χ1n) is 6.66. The lowest BCUT2D eigenvalue weighted by Crippen LogP contribution is -1.91. The number of nitrogens with zero attached hydrogens (tertiary/aromatic N) is 2. The summed E-state index contributed by atoms with van der Waals surface area (Å²) in [6.45, 7) is 2.08. The van der Waals surface area contributed by atoms with Crippen LogP contribution in [0.5, 0.6) is 0 Å². The van der Waals surface area contributed by atoms with Crippen LogP contribution in [0.15, 0.2) is 78.0 Å². The van der Waals surface area contributed by atoms with Crippen molar-refractivity contribution in [3.8, 4) is 5.69 Å². The van der Waals surface area contributed by atoms with Gasteiger partial charge in [-0.2, -0.15) is 0 Å². The third-order valence-corrected chi connectivity index (χ3v) is 3.17. The first-order valence-corrected chi connectivity index (χ1v) is 6.66. The Bertz CT molecular complexity index is 710. The largest absolute Gasteiger partial charge is 0.322 e. The zero-order valence-corrected chi connectivity index (χ0v) is 11.4. The third kappa shape index (κ3) is 2.69. The van der Waals surface area contributed by atoms with Crippen molar-refractivity contribution in [2.24, 2.45) is 4.99 Å². The van der Waals surface area contributed by atoms with Gasteiger partial charge >= 0.3 is 0 Å². The SMILES string of the molecule is Cc1ccc(-n2cccc2)c(N=Cc2ccccc2)c1. The lowest BCUT2D eigenvalue weighted by atomic mass is 10.2. The molecule has 98 valence electrons. The van der Waals surface area contributed by atoms with E-state index in [0.717, 1.165) is 16.9 Å². The first kappa shape index (κ1) is 12.4. The minimum Gasteiger partial charge on any atom is -0.322 e. The van der Waals surface area contributed by atoms with Gasteiger partial charge in [-0.3, -0.25) is 4.99 Å². The lowest BCUT2D eigenvalue weighted by Gasteiger charge is -2.08. The Balaban J connectivity index is 2.00. The van der Waals surface area contributed by atoms with E-state index >= 15 is 0 Å². The van der Waals surface area contributed by atoms with Crippen LogP contribution in [0.25, 0.3) is 5.69 Å². The fraction of sp³-hybridized carbons (Fsp3) is 0.0556. The molecule has 1 heterocycles. The smallest absolute Gasteiger partial charge is 0.0872 e. The molecule has 20 heavy (non-hydrogen) atoms. The van der Waals surface area contributed by atoms with Gasteiger partial charge in [0.05, 0.1) is 11.4 Å². The summed E-state index contributed by atoms with van der Waals surface area (Å²) in [6.07, 6.45) is 5.97. The molecule has 1 aromatic heterocycles. The van der Waals surface area contributed by atoms with Gasteiger partial charge in [0.1, 0.15) is 0 Å². The number of hydrogen-bond acceptors (Lipinski definition) is 1. The molecule has 2 aromatic carbocycles. The van der Waals surface area contributed by atoms with Crippen LogP contribution in [0, 0.1) is 6.92 Å². The molecule has 3 rings (SSSR count). The summed E-state index contributed by atoms with van der Waals surface area (Å²) in [7, 11) is 0. The van der Waals surface area contributed by atoms with Crippen LogP contribution in [-0.2, 0) is 0 Å². The molecule has 0 spiro atoms. The Labute approximate surface area is 119 Å². The van der Waals surface area contributed by atoms with Crippen LogP contribution in [0.4, 0.5) is 5.69 Å². The lowest BCUT2D eigenvalue weighted by molar-refractivity contribution is 1.07. The van der Waals surface area contributed by atoms with E-state index in [9.17, 15) is 0 Å². The molecule has 0 amide bonds. The van der Waals surface area contributed by atoms with Gasteiger partial charge in [-0.05, 0) is 42.3 Å². The average molecular weight is 260 g/mol. The highest BCUT2D eigenvalue weighted by Crippen LogP contribution is 2.24. The zero-order valence-electron chi connectivity index (χ0n) is 11.4. The summed E-state index contributed by atoms with van der Waals surface area (Å²) in [4.78, 5) is 4.65. The molecule has 0 unspecified atom stereocenters. The van der Waals surface area contributed by atoms with Gasteiger partial charge in [-0.15, -0.1) is 0 Å². The van der Waals surface area contributed by atoms with Gasteiger partial charge in [-0.25, -0.2) is 0 Å². The molecule has 0 N–H and O–H groups in total. The first-order chi connectivity index (χ1) is 9.83. The quantitative estimate of drug-likeness (QED) is 0.615. The van der Waals surface area contributed by atoms with E-state index in [0.29, 0.717) is 0 Å². The molecule has 3 aromatic rings. The highest BCUT2D eigenvalue weighted by Gasteiger charge is 2.02. The summed E-state index contributed by atoms with van der Waals surface area (Å²) >= 11 is 0. The van der Waals surface area contributed by atoms with E-state index in [1.54, 1.807) is 0 Å². The van der Waals surface area contributed by atoms with Crippen molar-refractivity contribution < 1.29 is 0 Å². The zero-order chi connectivity index (χ0) is 13.8. The molecule has 0 saturated heterocycles. The number of aryl methyl sites for hydroxylation is 1. The van der Waals surface area contributed by atoms with Gasteiger partial charge in [0.25, 0.3) is 0 Å². The number of aliphatic imine (C=N–C) groups is 1. The molecule has 0 fully saturated rings.